The summed E-state index contributed by atoms with van der Waals surface area (Å²) in [6.07, 6.45) is 2.70. The molecular weight excluding hydrogens is 390 g/mol. The molecule has 0 nitrogen and oxygen atoms in total. The second-order valence-corrected chi connectivity index (χ2v) is 6.50. The summed E-state index contributed by atoms with van der Waals surface area (Å²) in [5.74, 6) is -3.94. The molecule has 0 N–H and O–H groups in total. The number of halogens is 6. The van der Waals surface area contributed by atoms with Crippen LogP contribution in [0, 0.1) is 23.3 Å². The summed E-state index contributed by atoms with van der Waals surface area (Å²) in [4.78, 5) is 0. The fourth-order valence-electron chi connectivity index (χ4n) is 3.21. The van der Waals surface area contributed by atoms with Crippen LogP contribution in [0.25, 0.3) is 28.0 Å². The number of hydrogen-bond acceptors (Lipinski definition) is 0. The Kier molecular flexibility index (Phi) is 6.11. The van der Waals surface area contributed by atoms with Crippen molar-refractivity contribution in [1.82, 2.24) is 0 Å². The van der Waals surface area contributed by atoms with Crippen molar-refractivity contribution in [2.45, 2.75) is 19.8 Å². The summed E-state index contributed by atoms with van der Waals surface area (Å²) in [6, 6.07) is 6.99. The predicted octanol–water partition coefficient (Wildman–Crippen LogP) is 7.81. The van der Waals surface area contributed by atoms with E-state index in [1.807, 2.05) is 19.1 Å². The average Bonchev–Trinajstić information content (AvgIpc) is 2.64. The van der Waals surface area contributed by atoms with Gasteiger partial charge in [-0.15, -0.1) is 0 Å². The van der Waals surface area contributed by atoms with E-state index in [2.05, 4.69) is 0 Å². The lowest BCUT2D eigenvalue weighted by atomic mass is 9.96. The van der Waals surface area contributed by atoms with Crippen LogP contribution in [0.3, 0.4) is 0 Å². The van der Waals surface area contributed by atoms with Crippen LogP contribution in [0.4, 0.5) is 26.3 Å². The van der Waals surface area contributed by atoms with Gasteiger partial charge >= 0.3 is 0 Å². The minimum absolute atomic E-state index is 0.00451. The number of fused-ring (bicyclic) bond motifs is 1. The molecule has 0 saturated carbocycles. The Morgan fingerprint density at radius 2 is 1.59 bits per heavy atom. The molecule has 150 valence electrons. The Bertz CT molecular complexity index is 1100. The quantitative estimate of drug-likeness (QED) is 0.299. The first-order valence-corrected chi connectivity index (χ1v) is 8.85. The van der Waals surface area contributed by atoms with Crippen LogP contribution < -0.4 is 0 Å². The van der Waals surface area contributed by atoms with Crippen molar-refractivity contribution in [1.29, 1.82) is 0 Å². The zero-order valence-corrected chi connectivity index (χ0v) is 15.4. The predicted molar refractivity (Wildman–Crippen MR) is 103 cm³/mol. The van der Waals surface area contributed by atoms with E-state index >= 15 is 0 Å². The van der Waals surface area contributed by atoms with Crippen LogP contribution >= 0.6 is 0 Å². The van der Waals surface area contributed by atoms with E-state index in [0.717, 1.165) is 6.07 Å². The summed E-state index contributed by atoms with van der Waals surface area (Å²) in [5, 5.41) is -0.128. The van der Waals surface area contributed by atoms with Crippen molar-refractivity contribution < 1.29 is 26.3 Å². The molecule has 0 fully saturated rings. The molecule has 0 aliphatic carbocycles. The van der Waals surface area contributed by atoms with E-state index in [1.165, 1.54) is 30.3 Å². The molecule has 3 aromatic rings. The van der Waals surface area contributed by atoms with Crippen LogP contribution in [-0.4, -0.2) is 0 Å². The topological polar surface area (TPSA) is 0 Å². The van der Waals surface area contributed by atoms with E-state index in [1.54, 1.807) is 0 Å². The molecular formula is C23H16F6. The highest BCUT2D eigenvalue weighted by Gasteiger charge is 2.17. The minimum Gasteiger partial charge on any atom is -0.206 e. The Labute approximate surface area is 163 Å². The van der Waals surface area contributed by atoms with Gasteiger partial charge in [0.15, 0.2) is 0 Å². The van der Waals surface area contributed by atoms with Crippen molar-refractivity contribution >= 4 is 16.8 Å². The number of aryl methyl sites for hydroxylation is 1. The Morgan fingerprint density at radius 3 is 2.21 bits per heavy atom. The van der Waals surface area contributed by atoms with Gasteiger partial charge in [-0.25, -0.2) is 17.6 Å². The first-order valence-electron chi connectivity index (χ1n) is 8.85. The fraction of sp³-hybridized carbons (Fsp3) is 0.130. The van der Waals surface area contributed by atoms with Crippen LogP contribution in [0.15, 0.2) is 54.6 Å². The molecule has 0 aromatic heterocycles. The van der Waals surface area contributed by atoms with Gasteiger partial charge in [-0.2, -0.15) is 8.78 Å². The third-order valence-electron chi connectivity index (χ3n) is 4.54. The fourth-order valence-corrected chi connectivity index (χ4v) is 3.21. The molecule has 0 spiro atoms. The van der Waals surface area contributed by atoms with Gasteiger partial charge in [0, 0.05) is 11.5 Å². The lowest BCUT2D eigenvalue weighted by Crippen LogP contribution is -1.96. The number of hydrogen-bond donors (Lipinski definition) is 0. The molecule has 0 saturated heterocycles. The lowest BCUT2D eigenvalue weighted by molar-refractivity contribution is 0.428. The van der Waals surface area contributed by atoms with Crippen molar-refractivity contribution in [3.05, 3.63) is 89.0 Å². The Hall–Kier alpha value is -3.02. The molecule has 0 bridgehead atoms. The van der Waals surface area contributed by atoms with Gasteiger partial charge in [0.05, 0.1) is 11.1 Å². The van der Waals surface area contributed by atoms with Gasteiger partial charge in [0.1, 0.15) is 23.3 Å². The summed E-state index contributed by atoms with van der Waals surface area (Å²) in [5.41, 5.74) is -0.606. The lowest BCUT2D eigenvalue weighted by Gasteiger charge is -2.11. The van der Waals surface area contributed by atoms with Crippen LogP contribution in [-0.2, 0) is 6.42 Å². The van der Waals surface area contributed by atoms with Gasteiger partial charge in [0.2, 0.25) is 0 Å². The van der Waals surface area contributed by atoms with Crippen LogP contribution in [0.5, 0.6) is 0 Å². The van der Waals surface area contributed by atoms with Crippen molar-refractivity contribution in [2.75, 3.05) is 0 Å². The highest BCUT2D eigenvalue weighted by Crippen LogP contribution is 2.33. The SMILES string of the molecule is C/C=C/CCc1cc(F)c(-c2ccc3c(F)c(C=C(F)F)c(F)cc3c2)c(F)c1. The second-order valence-electron chi connectivity index (χ2n) is 6.50. The number of benzene rings is 3. The average molecular weight is 406 g/mol. The maximum Gasteiger partial charge on any atom is 0.271 e. The standard InChI is InChI=1S/C23H16F6/c1-2-3-4-5-13-8-19(25)22(20(26)9-13)14-6-7-16-15(10-14)11-18(24)17(23(16)29)12-21(27)28/h2-3,6-12H,4-5H2,1H3/b3-2+. The third-order valence-corrected chi connectivity index (χ3v) is 4.54. The van der Waals surface area contributed by atoms with E-state index < -0.39 is 34.9 Å². The van der Waals surface area contributed by atoms with Gasteiger partial charge in [-0.3, -0.25) is 0 Å². The maximum atomic E-state index is 14.6. The first-order chi connectivity index (χ1) is 13.8. The molecule has 3 aromatic carbocycles. The smallest absolute Gasteiger partial charge is 0.206 e. The number of rotatable bonds is 5. The molecule has 0 heterocycles. The van der Waals surface area contributed by atoms with Gasteiger partial charge < -0.3 is 0 Å². The molecule has 0 atom stereocenters. The van der Waals surface area contributed by atoms with Gasteiger partial charge in [-0.05, 0) is 60.5 Å². The van der Waals surface area contributed by atoms with Crippen LogP contribution in [0.2, 0.25) is 0 Å². The van der Waals surface area contributed by atoms with Gasteiger partial charge in [0.25, 0.3) is 6.08 Å². The van der Waals surface area contributed by atoms with E-state index in [9.17, 15) is 26.3 Å². The molecule has 6 heteroatoms. The highest BCUT2D eigenvalue weighted by molar-refractivity contribution is 5.90. The molecule has 0 unspecified atom stereocenters. The molecule has 0 aliphatic rings. The summed E-state index contributed by atoms with van der Waals surface area (Å²) in [6.45, 7) is 1.85. The Balaban J connectivity index is 2.08. The third kappa shape index (κ3) is 4.36. The molecule has 0 amide bonds. The first kappa shape index (κ1) is 20.7. The minimum atomic E-state index is -2.24. The molecule has 0 aliphatic heterocycles. The molecule has 3 rings (SSSR count). The van der Waals surface area contributed by atoms with Crippen LogP contribution in [0.1, 0.15) is 24.5 Å². The van der Waals surface area contributed by atoms with E-state index in [-0.39, 0.29) is 28.0 Å². The summed E-state index contributed by atoms with van der Waals surface area (Å²) in [7, 11) is 0. The zero-order valence-electron chi connectivity index (χ0n) is 15.4. The van der Waals surface area contributed by atoms with Gasteiger partial charge in [-0.1, -0.05) is 24.3 Å². The maximum absolute atomic E-state index is 14.6. The largest absolute Gasteiger partial charge is 0.271 e. The second kappa shape index (κ2) is 8.55. The number of allylic oxidation sites excluding steroid dienone is 2. The highest BCUT2D eigenvalue weighted by atomic mass is 19.3. The van der Waals surface area contributed by atoms with Crippen molar-refractivity contribution in [2.24, 2.45) is 0 Å². The normalized spacial score (nSPS) is 11.4. The van der Waals surface area contributed by atoms with Crippen molar-refractivity contribution in [3.8, 4) is 11.1 Å². The summed E-state index contributed by atoms with van der Waals surface area (Å²) < 4.78 is 82.5. The van der Waals surface area contributed by atoms with E-state index in [0.29, 0.717) is 18.4 Å². The monoisotopic (exact) mass is 406 g/mol. The summed E-state index contributed by atoms with van der Waals surface area (Å²) >= 11 is 0. The molecule has 29 heavy (non-hydrogen) atoms. The molecule has 0 radical (unpaired) electrons. The van der Waals surface area contributed by atoms with Crippen molar-refractivity contribution in [3.63, 3.8) is 0 Å². The van der Waals surface area contributed by atoms with E-state index in [4.69, 9.17) is 0 Å². The zero-order chi connectivity index (χ0) is 21.1. The Morgan fingerprint density at radius 1 is 0.897 bits per heavy atom.